The Balaban J connectivity index is 1.59. The first-order valence-corrected chi connectivity index (χ1v) is 14.0. The number of hydrogen-bond donors (Lipinski definition) is 1. The molecular formula is C27H30F3NO9S. The first-order chi connectivity index (χ1) is 18.8. The van der Waals surface area contributed by atoms with Gasteiger partial charge in [0.15, 0.2) is 5.79 Å². The molecule has 224 valence electrons. The number of alkyl halides is 3. The van der Waals surface area contributed by atoms with Crippen molar-refractivity contribution in [3.05, 3.63) is 52.2 Å². The summed E-state index contributed by atoms with van der Waals surface area (Å²) in [6, 6.07) is 7.82. The zero-order chi connectivity index (χ0) is 30.4. The Bertz CT molecular complexity index is 1630. The second-order valence-electron chi connectivity index (χ2n) is 11.3. The van der Waals surface area contributed by atoms with E-state index in [9.17, 15) is 31.2 Å². The van der Waals surface area contributed by atoms with E-state index in [1.54, 1.807) is 46.8 Å². The molecule has 0 aliphatic carbocycles. The number of carbonyl (C=O) groups excluding carboxylic acids is 1. The fourth-order valence-corrected chi connectivity index (χ4v) is 4.60. The summed E-state index contributed by atoms with van der Waals surface area (Å²) in [6.45, 7) is 9.10. The molecule has 0 atom stereocenters. The molecule has 0 spiro atoms. The highest BCUT2D eigenvalue weighted by Gasteiger charge is 2.48. The fraction of sp³-hybridized carbons (Fsp3) is 0.481. The van der Waals surface area contributed by atoms with E-state index < -0.39 is 49.8 Å². The van der Waals surface area contributed by atoms with Gasteiger partial charge in [0, 0.05) is 6.07 Å². The van der Waals surface area contributed by atoms with Crippen LogP contribution in [0.1, 0.15) is 46.6 Å². The summed E-state index contributed by atoms with van der Waals surface area (Å²) in [4.78, 5) is 25.8. The monoisotopic (exact) mass is 601 g/mol. The molecule has 0 unspecified atom stereocenters. The number of aryl methyl sites for hydroxylation is 1. The number of rotatable bonds is 6. The van der Waals surface area contributed by atoms with Gasteiger partial charge in [0.2, 0.25) is 5.43 Å². The number of nitrogens with one attached hydrogen (secondary N) is 1. The second kappa shape index (κ2) is 10.5. The van der Waals surface area contributed by atoms with Crippen LogP contribution in [-0.2, 0) is 30.7 Å². The fourth-order valence-electron chi connectivity index (χ4n) is 4.15. The Kier molecular flexibility index (Phi) is 7.82. The standard InChI is InChI=1S/C27H30F3NO9S/c1-24(2,3)39-23(33)31-26(14-36-25(4,5)37-15-26)11-10-16-6-9-20-19(12-16)22(32)18-8-7-17(13-21(18)38-20)40-41(34,35)27(28,29)30/h6-9,12-13H,10-11,14-15H2,1-5H3,(H,31,33). The van der Waals surface area contributed by atoms with Gasteiger partial charge in [-0.1, -0.05) is 6.07 Å². The van der Waals surface area contributed by atoms with E-state index >= 15 is 0 Å². The highest BCUT2D eigenvalue weighted by Crippen LogP contribution is 2.31. The first-order valence-electron chi connectivity index (χ1n) is 12.6. The maximum Gasteiger partial charge on any atom is 0.534 e. The predicted molar refractivity (Wildman–Crippen MR) is 142 cm³/mol. The van der Waals surface area contributed by atoms with E-state index in [-0.39, 0.29) is 35.2 Å². The van der Waals surface area contributed by atoms with Crippen LogP contribution in [0.5, 0.6) is 5.75 Å². The molecule has 1 N–H and O–H groups in total. The summed E-state index contributed by atoms with van der Waals surface area (Å²) >= 11 is 0. The van der Waals surface area contributed by atoms with Crippen LogP contribution in [0.2, 0.25) is 0 Å². The van der Waals surface area contributed by atoms with Crippen molar-refractivity contribution in [2.45, 2.75) is 69.9 Å². The van der Waals surface area contributed by atoms with E-state index in [0.717, 1.165) is 23.8 Å². The van der Waals surface area contributed by atoms with E-state index in [1.165, 1.54) is 6.07 Å². The van der Waals surface area contributed by atoms with E-state index in [0.29, 0.717) is 12.8 Å². The molecule has 41 heavy (non-hydrogen) atoms. The maximum absolute atomic E-state index is 13.2. The van der Waals surface area contributed by atoms with Gasteiger partial charge in [-0.15, -0.1) is 0 Å². The second-order valence-corrected chi connectivity index (χ2v) is 12.8. The molecule has 3 aromatic rings. The number of fused-ring (bicyclic) bond motifs is 2. The number of amides is 1. The largest absolute Gasteiger partial charge is 0.534 e. The van der Waals surface area contributed by atoms with Crippen LogP contribution in [0.15, 0.2) is 45.6 Å². The Morgan fingerprint density at radius 2 is 1.66 bits per heavy atom. The number of ether oxygens (including phenoxy) is 3. The van der Waals surface area contributed by atoms with Crippen LogP contribution in [0.4, 0.5) is 18.0 Å². The zero-order valence-electron chi connectivity index (χ0n) is 23.0. The third-order valence-electron chi connectivity index (χ3n) is 6.25. The average Bonchev–Trinajstić information content (AvgIpc) is 2.83. The van der Waals surface area contributed by atoms with Gasteiger partial charge >= 0.3 is 21.7 Å². The molecule has 1 saturated heterocycles. The summed E-state index contributed by atoms with van der Waals surface area (Å²) < 4.78 is 87.6. The minimum Gasteiger partial charge on any atom is -0.456 e. The van der Waals surface area contributed by atoms with Gasteiger partial charge in [0.25, 0.3) is 0 Å². The summed E-state index contributed by atoms with van der Waals surface area (Å²) in [5.74, 6) is -1.49. The van der Waals surface area contributed by atoms with Gasteiger partial charge in [-0.2, -0.15) is 21.6 Å². The van der Waals surface area contributed by atoms with Crippen molar-refractivity contribution in [2.24, 2.45) is 0 Å². The van der Waals surface area contributed by atoms with E-state index in [2.05, 4.69) is 9.50 Å². The molecule has 0 saturated carbocycles. The van der Waals surface area contributed by atoms with Crippen LogP contribution in [0.25, 0.3) is 21.9 Å². The smallest absolute Gasteiger partial charge is 0.456 e. The molecule has 1 aliphatic heterocycles. The van der Waals surface area contributed by atoms with Crippen molar-refractivity contribution < 1.29 is 49.2 Å². The van der Waals surface area contributed by atoms with Crippen LogP contribution in [0, 0.1) is 0 Å². The maximum atomic E-state index is 13.2. The third kappa shape index (κ3) is 7.11. The summed E-state index contributed by atoms with van der Waals surface area (Å²) in [7, 11) is -5.89. The number of benzene rings is 2. The third-order valence-corrected chi connectivity index (χ3v) is 7.22. The predicted octanol–water partition coefficient (Wildman–Crippen LogP) is 5.15. The van der Waals surface area contributed by atoms with Crippen molar-refractivity contribution in [2.75, 3.05) is 13.2 Å². The lowest BCUT2D eigenvalue weighted by atomic mass is 9.91. The molecule has 4 rings (SSSR count). The van der Waals surface area contributed by atoms with Gasteiger partial charge in [0.1, 0.15) is 22.5 Å². The van der Waals surface area contributed by atoms with E-state index in [1.807, 2.05) is 0 Å². The average molecular weight is 602 g/mol. The Morgan fingerprint density at radius 1 is 1.00 bits per heavy atom. The number of carbonyl (C=O) groups is 1. The Morgan fingerprint density at radius 3 is 2.27 bits per heavy atom. The number of alkyl carbamates (subject to hydrolysis) is 1. The van der Waals surface area contributed by atoms with Crippen molar-refractivity contribution in [3.8, 4) is 5.75 Å². The van der Waals surface area contributed by atoms with Crippen molar-refractivity contribution in [1.29, 1.82) is 0 Å². The number of halogens is 3. The molecular weight excluding hydrogens is 571 g/mol. The topological polar surface area (TPSA) is 130 Å². The molecule has 1 fully saturated rings. The van der Waals surface area contributed by atoms with Crippen molar-refractivity contribution >= 4 is 38.1 Å². The first kappa shape index (κ1) is 30.6. The molecule has 0 radical (unpaired) electrons. The van der Waals surface area contributed by atoms with Gasteiger partial charge in [-0.25, -0.2) is 4.79 Å². The van der Waals surface area contributed by atoms with Crippen LogP contribution in [0.3, 0.4) is 0 Å². The molecule has 0 bridgehead atoms. The minimum absolute atomic E-state index is 0.0192. The SMILES string of the molecule is CC(C)(C)OC(=O)NC1(CCc2ccc3oc4cc(OS(=O)(=O)C(F)(F)F)ccc4c(=O)c3c2)COC(C)(C)OC1. The minimum atomic E-state index is -5.89. The summed E-state index contributed by atoms with van der Waals surface area (Å²) in [5.41, 5.74) is -6.99. The number of hydrogen-bond acceptors (Lipinski definition) is 9. The Hall–Kier alpha value is -3.36. The molecule has 2 heterocycles. The van der Waals surface area contributed by atoms with Crippen molar-refractivity contribution in [1.82, 2.24) is 5.32 Å². The van der Waals surface area contributed by atoms with Crippen LogP contribution >= 0.6 is 0 Å². The quantitative estimate of drug-likeness (QED) is 0.231. The van der Waals surface area contributed by atoms with E-state index in [4.69, 9.17) is 18.6 Å². The summed E-state index contributed by atoms with van der Waals surface area (Å²) in [6.07, 6.45) is 0.154. The van der Waals surface area contributed by atoms with Crippen molar-refractivity contribution in [3.63, 3.8) is 0 Å². The summed E-state index contributed by atoms with van der Waals surface area (Å²) in [5, 5.41) is 3.11. The molecule has 10 nitrogen and oxygen atoms in total. The highest BCUT2D eigenvalue weighted by atomic mass is 32.2. The molecule has 14 heteroatoms. The van der Waals surface area contributed by atoms with Gasteiger partial charge in [-0.3, -0.25) is 4.79 Å². The molecule has 1 amide bonds. The molecule has 1 aromatic heterocycles. The molecule has 2 aromatic carbocycles. The Labute approximate surface area is 233 Å². The van der Waals surface area contributed by atoms with Crippen LogP contribution < -0.4 is 14.9 Å². The molecule has 1 aliphatic rings. The highest BCUT2D eigenvalue weighted by molar-refractivity contribution is 7.88. The van der Waals surface area contributed by atoms with Gasteiger partial charge < -0.3 is 28.1 Å². The van der Waals surface area contributed by atoms with Gasteiger partial charge in [0.05, 0.1) is 29.5 Å². The lowest BCUT2D eigenvalue weighted by Gasteiger charge is -2.44. The lowest BCUT2D eigenvalue weighted by Crippen LogP contribution is -2.61. The zero-order valence-corrected chi connectivity index (χ0v) is 23.8. The normalized spacial score (nSPS) is 17.4. The van der Waals surface area contributed by atoms with Gasteiger partial charge in [-0.05, 0) is 77.3 Å². The lowest BCUT2D eigenvalue weighted by molar-refractivity contribution is -0.271. The van der Waals surface area contributed by atoms with Crippen LogP contribution in [-0.4, -0.2) is 50.2 Å².